The van der Waals surface area contributed by atoms with Gasteiger partial charge in [-0.2, -0.15) is 13.2 Å². The van der Waals surface area contributed by atoms with Crippen molar-refractivity contribution in [3.05, 3.63) is 53.6 Å². The second-order valence-electron chi connectivity index (χ2n) is 5.70. The van der Waals surface area contributed by atoms with Gasteiger partial charge in [-0.05, 0) is 31.0 Å². The largest absolute Gasteiger partial charge is 0.416 e. The van der Waals surface area contributed by atoms with Crippen LogP contribution in [0.25, 0.3) is 0 Å². The van der Waals surface area contributed by atoms with Gasteiger partial charge >= 0.3 is 6.18 Å². The molecule has 0 radical (unpaired) electrons. The average molecular weight is 323 g/mol. The first-order valence-electron chi connectivity index (χ1n) is 7.30. The topological polar surface area (TPSA) is 38.1 Å². The lowest BCUT2D eigenvalue weighted by atomic mass is 10.1. The Labute approximate surface area is 131 Å². The van der Waals surface area contributed by atoms with Crippen molar-refractivity contribution in [1.82, 2.24) is 14.5 Å². The van der Waals surface area contributed by atoms with Crippen molar-refractivity contribution >= 4 is 5.91 Å². The number of aromatic nitrogens is 2. The lowest BCUT2D eigenvalue weighted by Gasteiger charge is -2.22. The first kappa shape index (κ1) is 15.6. The van der Waals surface area contributed by atoms with E-state index in [9.17, 15) is 18.0 Å². The molecule has 122 valence electrons. The fraction of sp³-hybridized carbons (Fsp3) is 0.375. The van der Waals surface area contributed by atoms with Crippen LogP contribution in [0.5, 0.6) is 0 Å². The Hall–Kier alpha value is -2.31. The number of hydrogen-bond acceptors (Lipinski definition) is 2. The molecule has 1 heterocycles. The van der Waals surface area contributed by atoms with Gasteiger partial charge in [0, 0.05) is 31.0 Å². The van der Waals surface area contributed by atoms with Gasteiger partial charge in [0.2, 0.25) is 0 Å². The molecule has 0 atom stereocenters. The number of nitrogens with zero attached hydrogens (tertiary/aromatic N) is 3. The van der Waals surface area contributed by atoms with Gasteiger partial charge in [-0.1, -0.05) is 6.07 Å². The molecule has 0 spiro atoms. The summed E-state index contributed by atoms with van der Waals surface area (Å²) in [5.41, 5.74) is -0.753. The standard InChI is InChI=1S/C16H16F3N3O/c1-21-8-7-20-14(21)10-22(13-5-6-13)15(23)11-3-2-4-12(9-11)16(17,18)19/h2-4,7-9,13H,5-6,10H2,1H3. The molecule has 1 fully saturated rings. The quantitative estimate of drug-likeness (QED) is 0.866. The summed E-state index contributed by atoms with van der Waals surface area (Å²) in [5, 5.41) is 0. The van der Waals surface area contributed by atoms with Gasteiger partial charge in [-0.3, -0.25) is 4.79 Å². The number of halogens is 3. The van der Waals surface area contributed by atoms with E-state index in [-0.39, 0.29) is 17.5 Å². The third-order valence-electron chi connectivity index (χ3n) is 3.92. The van der Waals surface area contributed by atoms with Gasteiger partial charge in [0.1, 0.15) is 5.82 Å². The maximum absolute atomic E-state index is 12.8. The molecule has 23 heavy (non-hydrogen) atoms. The van der Waals surface area contributed by atoms with Crippen LogP contribution in [0.2, 0.25) is 0 Å². The number of amides is 1. The molecule has 1 aliphatic rings. The van der Waals surface area contributed by atoms with Gasteiger partial charge in [0.05, 0.1) is 12.1 Å². The summed E-state index contributed by atoms with van der Waals surface area (Å²) in [6.45, 7) is 0.295. The highest BCUT2D eigenvalue weighted by Gasteiger charge is 2.35. The van der Waals surface area contributed by atoms with Crippen molar-refractivity contribution < 1.29 is 18.0 Å². The molecule has 0 bridgehead atoms. The zero-order valence-electron chi connectivity index (χ0n) is 12.5. The van der Waals surface area contributed by atoms with Crippen molar-refractivity contribution in [1.29, 1.82) is 0 Å². The second kappa shape index (κ2) is 5.72. The Balaban J connectivity index is 1.86. The zero-order chi connectivity index (χ0) is 16.6. The van der Waals surface area contributed by atoms with Gasteiger partial charge in [0.15, 0.2) is 0 Å². The molecule has 2 aromatic rings. The third kappa shape index (κ3) is 3.38. The van der Waals surface area contributed by atoms with Crippen LogP contribution in [-0.2, 0) is 19.8 Å². The average Bonchev–Trinajstić information content (AvgIpc) is 3.27. The summed E-state index contributed by atoms with van der Waals surface area (Å²) >= 11 is 0. The van der Waals surface area contributed by atoms with Crippen LogP contribution in [0.3, 0.4) is 0 Å². The van der Waals surface area contributed by atoms with E-state index in [0.717, 1.165) is 25.0 Å². The number of carbonyl (C=O) groups excluding carboxylic acids is 1. The molecule has 1 aromatic heterocycles. The highest BCUT2D eigenvalue weighted by Crippen LogP contribution is 2.32. The summed E-state index contributed by atoms with van der Waals surface area (Å²) in [6, 6.07) is 4.65. The van der Waals surface area contributed by atoms with Crippen molar-refractivity contribution in [2.45, 2.75) is 31.6 Å². The van der Waals surface area contributed by atoms with Crippen LogP contribution >= 0.6 is 0 Å². The number of rotatable bonds is 4. The molecule has 1 aromatic carbocycles. The molecule has 0 saturated heterocycles. The predicted molar refractivity (Wildman–Crippen MR) is 77.5 cm³/mol. The van der Waals surface area contributed by atoms with Crippen LogP contribution in [0, 0.1) is 0 Å². The maximum Gasteiger partial charge on any atom is 0.416 e. The summed E-state index contributed by atoms with van der Waals surface area (Å²) in [5.74, 6) is 0.318. The van der Waals surface area contributed by atoms with Gasteiger partial charge in [0.25, 0.3) is 5.91 Å². The van der Waals surface area contributed by atoms with E-state index in [1.807, 2.05) is 7.05 Å². The van der Waals surface area contributed by atoms with E-state index in [2.05, 4.69) is 4.98 Å². The minimum atomic E-state index is -4.46. The number of alkyl halides is 3. The van der Waals surface area contributed by atoms with E-state index in [1.165, 1.54) is 12.1 Å². The van der Waals surface area contributed by atoms with Crippen molar-refractivity contribution in [2.75, 3.05) is 0 Å². The Morgan fingerprint density at radius 1 is 1.39 bits per heavy atom. The second-order valence-corrected chi connectivity index (χ2v) is 5.70. The van der Waals surface area contributed by atoms with Gasteiger partial charge < -0.3 is 9.47 Å². The first-order valence-corrected chi connectivity index (χ1v) is 7.30. The first-order chi connectivity index (χ1) is 10.9. The van der Waals surface area contributed by atoms with Crippen LogP contribution < -0.4 is 0 Å². The number of aryl methyl sites for hydroxylation is 1. The molecule has 7 heteroatoms. The van der Waals surface area contributed by atoms with Crippen molar-refractivity contribution in [3.63, 3.8) is 0 Å². The fourth-order valence-corrected chi connectivity index (χ4v) is 2.45. The molecule has 4 nitrogen and oxygen atoms in total. The van der Waals surface area contributed by atoms with Crippen LogP contribution in [-0.4, -0.2) is 26.4 Å². The fourth-order valence-electron chi connectivity index (χ4n) is 2.45. The van der Waals surface area contributed by atoms with E-state index in [1.54, 1.807) is 21.9 Å². The molecule has 0 aliphatic heterocycles. The monoisotopic (exact) mass is 323 g/mol. The molecular formula is C16H16F3N3O. The lowest BCUT2D eigenvalue weighted by molar-refractivity contribution is -0.137. The Kier molecular flexibility index (Phi) is 3.87. The predicted octanol–water partition coefficient (Wildman–Crippen LogP) is 3.24. The van der Waals surface area contributed by atoms with E-state index >= 15 is 0 Å². The SMILES string of the molecule is Cn1ccnc1CN(C(=O)c1cccc(C(F)(F)F)c1)C1CC1. The Bertz CT molecular complexity index is 719. The van der Waals surface area contributed by atoms with Crippen LogP contribution in [0.15, 0.2) is 36.7 Å². The molecule has 1 saturated carbocycles. The summed E-state index contributed by atoms with van der Waals surface area (Å²) in [6.07, 6.45) is 0.689. The van der Waals surface area contributed by atoms with E-state index < -0.39 is 11.7 Å². The summed E-state index contributed by atoms with van der Waals surface area (Å²) in [7, 11) is 1.82. The van der Waals surface area contributed by atoms with Crippen LogP contribution in [0.1, 0.15) is 34.6 Å². The minimum Gasteiger partial charge on any atom is -0.337 e. The molecular weight excluding hydrogens is 307 g/mol. The number of hydrogen-bond donors (Lipinski definition) is 0. The van der Waals surface area contributed by atoms with E-state index in [4.69, 9.17) is 0 Å². The Morgan fingerprint density at radius 3 is 2.70 bits per heavy atom. The number of imidazole rings is 1. The highest BCUT2D eigenvalue weighted by molar-refractivity contribution is 5.94. The normalized spacial score (nSPS) is 14.8. The van der Waals surface area contributed by atoms with Gasteiger partial charge in [-0.25, -0.2) is 4.98 Å². The molecule has 1 aliphatic carbocycles. The van der Waals surface area contributed by atoms with Crippen LogP contribution in [0.4, 0.5) is 13.2 Å². The smallest absolute Gasteiger partial charge is 0.337 e. The molecule has 0 N–H and O–H groups in total. The summed E-state index contributed by atoms with van der Waals surface area (Å²) < 4.78 is 40.3. The number of carbonyl (C=O) groups is 1. The zero-order valence-corrected chi connectivity index (χ0v) is 12.5. The Morgan fingerprint density at radius 2 is 2.13 bits per heavy atom. The number of benzene rings is 1. The third-order valence-corrected chi connectivity index (χ3v) is 3.92. The highest BCUT2D eigenvalue weighted by atomic mass is 19.4. The van der Waals surface area contributed by atoms with Crippen molar-refractivity contribution in [2.24, 2.45) is 7.05 Å². The molecule has 1 amide bonds. The molecule has 0 unspecified atom stereocenters. The van der Waals surface area contributed by atoms with Crippen molar-refractivity contribution in [3.8, 4) is 0 Å². The van der Waals surface area contributed by atoms with E-state index in [0.29, 0.717) is 12.4 Å². The maximum atomic E-state index is 12.8. The summed E-state index contributed by atoms with van der Waals surface area (Å²) in [4.78, 5) is 18.5. The lowest BCUT2D eigenvalue weighted by Crippen LogP contribution is -2.33. The van der Waals surface area contributed by atoms with Gasteiger partial charge in [-0.15, -0.1) is 0 Å². The molecule has 3 rings (SSSR count). The minimum absolute atomic E-state index is 0.0564.